The molecule has 0 radical (unpaired) electrons. The molecule has 0 bridgehead atoms. The molecular weight excluding hydrogens is 332 g/mol. The molecule has 2 amide bonds. The van der Waals surface area contributed by atoms with Crippen molar-refractivity contribution in [2.24, 2.45) is 0 Å². The highest BCUT2D eigenvalue weighted by Crippen LogP contribution is 2.30. The number of amides is 2. The van der Waals surface area contributed by atoms with Crippen LogP contribution < -0.4 is 10.2 Å². The Balaban J connectivity index is 1.89. The summed E-state index contributed by atoms with van der Waals surface area (Å²) in [4.78, 5) is 38.1. The van der Waals surface area contributed by atoms with Gasteiger partial charge < -0.3 is 15.0 Å². The van der Waals surface area contributed by atoms with Gasteiger partial charge in [-0.2, -0.15) is 0 Å². The van der Waals surface area contributed by atoms with Gasteiger partial charge in [-0.15, -0.1) is 0 Å². The topological polar surface area (TPSA) is 75.7 Å². The van der Waals surface area contributed by atoms with E-state index in [4.69, 9.17) is 4.74 Å². The second-order valence-corrected chi connectivity index (χ2v) is 6.11. The highest BCUT2D eigenvalue weighted by Gasteiger charge is 2.21. The number of rotatable bonds is 3. The lowest BCUT2D eigenvalue weighted by molar-refractivity contribution is -0.116. The lowest BCUT2D eigenvalue weighted by Gasteiger charge is -2.29. The van der Waals surface area contributed by atoms with E-state index in [1.54, 1.807) is 41.3 Å². The molecule has 6 heteroatoms. The second kappa shape index (κ2) is 7.39. The number of benzene rings is 2. The zero-order chi connectivity index (χ0) is 18.7. The van der Waals surface area contributed by atoms with E-state index in [1.807, 2.05) is 6.07 Å². The van der Waals surface area contributed by atoms with Crippen LogP contribution in [0.4, 0.5) is 11.4 Å². The van der Waals surface area contributed by atoms with Crippen molar-refractivity contribution in [1.82, 2.24) is 0 Å². The Hall–Kier alpha value is -3.15. The number of carbonyl (C=O) groups excluding carboxylic acids is 3. The summed E-state index contributed by atoms with van der Waals surface area (Å²) in [6.45, 7) is 2.21. The number of methoxy groups -OCH3 is 1. The average molecular weight is 352 g/mol. The number of esters is 1. The van der Waals surface area contributed by atoms with Crippen LogP contribution >= 0.6 is 0 Å². The fourth-order valence-corrected chi connectivity index (χ4v) is 3.15. The van der Waals surface area contributed by atoms with Crippen LogP contribution in [0.5, 0.6) is 0 Å². The number of anilines is 2. The Labute approximate surface area is 151 Å². The maximum Gasteiger partial charge on any atom is 0.338 e. The number of fused-ring (bicyclic) bond motifs is 1. The number of aryl methyl sites for hydroxylation is 1. The standard InChI is InChI=1S/C20H20N2O4/c1-13(23)22-11-5-6-14-9-10-15(12-18(14)22)21-19(24)16-7-3-4-8-17(16)20(25)26-2/h3-4,7-10,12H,5-6,11H2,1-2H3,(H,21,24). The number of ether oxygens (including phenoxy) is 1. The van der Waals surface area contributed by atoms with E-state index in [9.17, 15) is 14.4 Å². The van der Waals surface area contributed by atoms with E-state index in [0.717, 1.165) is 24.1 Å². The Bertz CT molecular complexity index is 876. The molecule has 6 nitrogen and oxygen atoms in total. The van der Waals surface area contributed by atoms with Crippen molar-refractivity contribution < 1.29 is 19.1 Å². The maximum absolute atomic E-state index is 12.6. The van der Waals surface area contributed by atoms with Crippen molar-refractivity contribution in [1.29, 1.82) is 0 Å². The lowest BCUT2D eigenvalue weighted by Crippen LogP contribution is -2.33. The van der Waals surface area contributed by atoms with Gasteiger partial charge in [0, 0.05) is 24.8 Å². The number of nitrogens with zero attached hydrogens (tertiary/aromatic N) is 1. The predicted molar refractivity (Wildman–Crippen MR) is 98.5 cm³/mol. The molecule has 0 atom stereocenters. The minimum absolute atomic E-state index is 0.0227. The van der Waals surface area contributed by atoms with Crippen molar-refractivity contribution >= 4 is 29.2 Å². The Morgan fingerprint density at radius 2 is 1.81 bits per heavy atom. The van der Waals surface area contributed by atoms with Crippen molar-refractivity contribution in [2.45, 2.75) is 19.8 Å². The van der Waals surface area contributed by atoms with Crippen LogP contribution in [-0.4, -0.2) is 31.4 Å². The number of nitrogens with one attached hydrogen (secondary N) is 1. The van der Waals surface area contributed by atoms with Crippen molar-refractivity contribution in [3.8, 4) is 0 Å². The van der Waals surface area contributed by atoms with Gasteiger partial charge in [0.25, 0.3) is 5.91 Å². The van der Waals surface area contributed by atoms with Crippen molar-refractivity contribution in [3.63, 3.8) is 0 Å². The SMILES string of the molecule is COC(=O)c1ccccc1C(=O)Nc1ccc2c(c1)N(C(C)=O)CCC2. The molecule has 0 saturated carbocycles. The van der Waals surface area contributed by atoms with E-state index < -0.39 is 11.9 Å². The van der Waals surface area contributed by atoms with E-state index in [-0.39, 0.29) is 17.0 Å². The molecule has 1 N–H and O–H groups in total. The zero-order valence-electron chi connectivity index (χ0n) is 14.7. The molecule has 2 aromatic carbocycles. The summed E-state index contributed by atoms with van der Waals surface area (Å²) in [7, 11) is 1.27. The first-order valence-electron chi connectivity index (χ1n) is 8.41. The van der Waals surface area contributed by atoms with Crippen LogP contribution in [0.2, 0.25) is 0 Å². The molecule has 1 aliphatic heterocycles. The van der Waals surface area contributed by atoms with E-state index >= 15 is 0 Å². The summed E-state index contributed by atoms with van der Waals surface area (Å²) in [6.07, 6.45) is 1.82. The molecular formula is C20H20N2O4. The molecule has 2 aromatic rings. The van der Waals surface area contributed by atoms with Crippen LogP contribution in [0.1, 0.15) is 39.6 Å². The summed E-state index contributed by atoms with van der Waals surface area (Å²) in [5, 5.41) is 2.80. The van der Waals surface area contributed by atoms with Crippen LogP contribution in [0, 0.1) is 0 Å². The fourth-order valence-electron chi connectivity index (χ4n) is 3.15. The smallest absolute Gasteiger partial charge is 0.338 e. The minimum Gasteiger partial charge on any atom is -0.465 e. The summed E-state index contributed by atoms with van der Waals surface area (Å²) >= 11 is 0. The third kappa shape index (κ3) is 3.44. The number of hydrogen-bond donors (Lipinski definition) is 1. The highest BCUT2D eigenvalue weighted by molar-refractivity contribution is 6.11. The van der Waals surface area contributed by atoms with Gasteiger partial charge in [0.2, 0.25) is 5.91 Å². The Morgan fingerprint density at radius 3 is 2.50 bits per heavy atom. The Kier molecular flexibility index (Phi) is 5.02. The third-order valence-corrected chi connectivity index (χ3v) is 4.42. The zero-order valence-corrected chi connectivity index (χ0v) is 14.7. The van der Waals surface area contributed by atoms with Gasteiger partial charge in [0.15, 0.2) is 0 Å². The Morgan fingerprint density at radius 1 is 1.08 bits per heavy atom. The van der Waals surface area contributed by atoms with E-state index in [0.29, 0.717) is 12.2 Å². The van der Waals surface area contributed by atoms with Gasteiger partial charge in [-0.25, -0.2) is 4.79 Å². The highest BCUT2D eigenvalue weighted by atomic mass is 16.5. The van der Waals surface area contributed by atoms with Gasteiger partial charge in [-0.1, -0.05) is 18.2 Å². The lowest BCUT2D eigenvalue weighted by atomic mass is 10.0. The van der Waals surface area contributed by atoms with Crippen molar-refractivity contribution in [2.75, 3.05) is 23.9 Å². The summed E-state index contributed by atoms with van der Waals surface area (Å²) < 4.78 is 4.73. The molecule has 0 saturated heterocycles. The number of hydrogen-bond acceptors (Lipinski definition) is 4. The normalized spacial score (nSPS) is 12.9. The number of carbonyl (C=O) groups is 3. The van der Waals surface area contributed by atoms with Crippen LogP contribution in [0.25, 0.3) is 0 Å². The first-order chi connectivity index (χ1) is 12.5. The van der Waals surface area contributed by atoms with Crippen molar-refractivity contribution in [3.05, 3.63) is 59.2 Å². The van der Waals surface area contributed by atoms with Gasteiger partial charge in [0.1, 0.15) is 0 Å². The largest absolute Gasteiger partial charge is 0.465 e. The monoisotopic (exact) mass is 352 g/mol. The summed E-state index contributed by atoms with van der Waals surface area (Å²) in [5.41, 5.74) is 2.92. The molecule has 0 unspecified atom stereocenters. The first-order valence-corrected chi connectivity index (χ1v) is 8.41. The summed E-state index contributed by atoms with van der Waals surface area (Å²) in [5.74, 6) is -0.995. The predicted octanol–water partition coefficient (Wildman–Crippen LogP) is 3.02. The maximum atomic E-state index is 12.6. The fraction of sp³-hybridized carbons (Fsp3) is 0.250. The molecule has 3 rings (SSSR count). The van der Waals surface area contributed by atoms with Gasteiger partial charge >= 0.3 is 5.97 Å². The minimum atomic E-state index is -0.566. The van der Waals surface area contributed by atoms with E-state index in [2.05, 4.69) is 5.32 Å². The molecule has 134 valence electrons. The van der Waals surface area contributed by atoms with Crippen LogP contribution in [0.15, 0.2) is 42.5 Å². The second-order valence-electron chi connectivity index (χ2n) is 6.11. The van der Waals surface area contributed by atoms with E-state index in [1.165, 1.54) is 14.0 Å². The molecule has 1 heterocycles. The van der Waals surface area contributed by atoms with Gasteiger partial charge in [0.05, 0.1) is 18.2 Å². The molecule has 26 heavy (non-hydrogen) atoms. The van der Waals surface area contributed by atoms with Crippen LogP contribution in [-0.2, 0) is 16.0 Å². The molecule has 0 fully saturated rings. The molecule has 0 aromatic heterocycles. The molecule has 0 aliphatic carbocycles. The molecule has 1 aliphatic rings. The quantitative estimate of drug-likeness (QED) is 0.862. The van der Waals surface area contributed by atoms with Gasteiger partial charge in [-0.05, 0) is 42.7 Å². The molecule has 0 spiro atoms. The van der Waals surface area contributed by atoms with Crippen LogP contribution in [0.3, 0.4) is 0 Å². The summed E-state index contributed by atoms with van der Waals surface area (Å²) in [6, 6.07) is 12.0. The third-order valence-electron chi connectivity index (χ3n) is 4.42. The van der Waals surface area contributed by atoms with Gasteiger partial charge in [-0.3, -0.25) is 9.59 Å². The first kappa shape index (κ1) is 17.7. The average Bonchev–Trinajstić information content (AvgIpc) is 2.66.